The van der Waals surface area contributed by atoms with E-state index in [1.807, 2.05) is 0 Å². The smallest absolute Gasteiger partial charge is 0.150 e. The maximum Gasteiger partial charge on any atom is 0.150 e. The quantitative estimate of drug-likeness (QED) is 0.429. The number of nitrogens with two attached hydrogens (primary N) is 1. The summed E-state index contributed by atoms with van der Waals surface area (Å²) in [6.07, 6.45) is 0. The maximum absolute atomic E-state index is 5.39. The summed E-state index contributed by atoms with van der Waals surface area (Å²) in [5, 5.41) is 4.15. The van der Waals surface area contributed by atoms with Crippen LogP contribution in [0.3, 0.4) is 0 Å². The predicted octanol–water partition coefficient (Wildman–Crippen LogP) is 2.05. The molecular weight excluding hydrogens is 298 g/mol. The van der Waals surface area contributed by atoms with E-state index < -0.39 is 8.07 Å². The molecule has 0 fully saturated rings. The van der Waals surface area contributed by atoms with Crippen molar-refractivity contribution in [3.8, 4) is 0 Å². The van der Waals surface area contributed by atoms with Gasteiger partial charge in [0.1, 0.15) is 0 Å². The largest absolute Gasteiger partial charge is 0.305 e. The Bertz CT molecular complexity index is 620. The molecule has 0 saturated carbocycles. The lowest BCUT2D eigenvalue weighted by Crippen LogP contribution is -2.67. The third-order valence-electron chi connectivity index (χ3n) is 4.39. The van der Waals surface area contributed by atoms with Crippen LogP contribution in [0.1, 0.15) is 0 Å². The summed E-state index contributed by atoms with van der Waals surface area (Å²) in [6.45, 7) is 0.547. The summed E-state index contributed by atoms with van der Waals surface area (Å²) < 4.78 is 0. The standard InChI is InChI=1S/C20H21NOSi/c21-22-16-17-23(18-10-4-1-5-11-18,19-12-6-2-7-13-19)20-14-8-3-9-15-20/h1-15H,16-17,21H2. The van der Waals surface area contributed by atoms with Crippen molar-refractivity contribution < 1.29 is 4.84 Å². The van der Waals surface area contributed by atoms with Crippen LogP contribution in [0.4, 0.5) is 0 Å². The lowest BCUT2D eigenvalue weighted by atomic mass is 10.3. The lowest BCUT2D eigenvalue weighted by Gasteiger charge is -2.33. The molecule has 23 heavy (non-hydrogen) atoms. The molecule has 0 saturated heterocycles. The van der Waals surface area contributed by atoms with Gasteiger partial charge in [-0.15, -0.1) is 0 Å². The van der Waals surface area contributed by atoms with Crippen molar-refractivity contribution in [3.63, 3.8) is 0 Å². The van der Waals surface area contributed by atoms with Crippen LogP contribution < -0.4 is 21.5 Å². The Labute approximate surface area is 138 Å². The SMILES string of the molecule is NOCC[Si](c1ccccc1)(c1ccccc1)c1ccccc1. The molecule has 2 N–H and O–H groups in total. The first-order valence-corrected chi connectivity index (χ1v) is 10.1. The Balaban J connectivity index is 2.25. The van der Waals surface area contributed by atoms with E-state index in [1.54, 1.807) is 0 Å². The first-order valence-electron chi connectivity index (χ1n) is 7.86. The highest BCUT2D eigenvalue weighted by Crippen LogP contribution is 2.12. The Hall–Kier alpha value is -2.20. The summed E-state index contributed by atoms with van der Waals surface area (Å²) in [6, 6.07) is 33.3. The van der Waals surface area contributed by atoms with E-state index in [9.17, 15) is 0 Å². The topological polar surface area (TPSA) is 35.2 Å². The second-order valence-corrected chi connectivity index (χ2v) is 9.67. The van der Waals surface area contributed by atoms with E-state index in [1.165, 1.54) is 15.6 Å². The van der Waals surface area contributed by atoms with Crippen LogP contribution in [-0.2, 0) is 4.84 Å². The molecule has 0 aliphatic carbocycles. The summed E-state index contributed by atoms with van der Waals surface area (Å²) in [5.41, 5.74) is 0. The molecule has 0 aliphatic rings. The van der Waals surface area contributed by atoms with Crippen LogP contribution >= 0.6 is 0 Å². The third-order valence-corrected chi connectivity index (χ3v) is 9.31. The van der Waals surface area contributed by atoms with Gasteiger partial charge in [-0.3, -0.25) is 0 Å². The molecule has 3 aromatic rings. The monoisotopic (exact) mass is 319 g/mol. The zero-order chi connectivity index (χ0) is 16.0. The molecule has 116 valence electrons. The van der Waals surface area contributed by atoms with Gasteiger partial charge in [0, 0.05) is 0 Å². The lowest BCUT2D eigenvalue weighted by molar-refractivity contribution is 0.151. The molecule has 0 bridgehead atoms. The van der Waals surface area contributed by atoms with Crippen LogP contribution in [0.5, 0.6) is 0 Å². The van der Waals surface area contributed by atoms with Gasteiger partial charge in [0.05, 0.1) is 6.61 Å². The molecule has 0 atom stereocenters. The van der Waals surface area contributed by atoms with Crippen LogP contribution in [-0.4, -0.2) is 14.7 Å². The molecule has 0 aliphatic heterocycles. The highest BCUT2D eigenvalue weighted by Gasteiger charge is 2.38. The highest BCUT2D eigenvalue weighted by atomic mass is 28.3. The van der Waals surface area contributed by atoms with Gasteiger partial charge < -0.3 is 4.84 Å². The van der Waals surface area contributed by atoms with Crippen molar-refractivity contribution in [2.45, 2.75) is 6.04 Å². The fourth-order valence-electron chi connectivity index (χ4n) is 3.31. The predicted molar refractivity (Wildman–Crippen MR) is 98.9 cm³/mol. The highest BCUT2D eigenvalue weighted by molar-refractivity contribution is 7.11. The van der Waals surface area contributed by atoms with Crippen LogP contribution in [0.25, 0.3) is 0 Å². The number of hydrogen-bond donors (Lipinski definition) is 1. The summed E-state index contributed by atoms with van der Waals surface area (Å²) in [5.74, 6) is 5.39. The van der Waals surface area contributed by atoms with E-state index in [0.717, 1.165) is 6.04 Å². The molecule has 3 heteroatoms. The molecule has 0 radical (unpaired) electrons. The Morgan fingerprint density at radius 2 is 0.957 bits per heavy atom. The minimum Gasteiger partial charge on any atom is -0.305 e. The Kier molecular flexibility index (Phi) is 5.03. The van der Waals surface area contributed by atoms with Gasteiger partial charge in [-0.1, -0.05) is 91.0 Å². The van der Waals surface area contributed by atoms with Crippen molar-refractivity contribution in [3.05, 3.63) is 91.0 Å². The fourth-order valence-corrected chi connectivity index (χ4v) is 7.89. The van der Waals surface area contributed by atoms with E-state index in [0.29, 0.717) is 6.61 Å². The van der Waals surface area contributed by atoms with E-state index in [2.05, 4.69) is 91.0 Å². The van der Waals surface area contributed by atoms with Gasteiger partial charge in [-0.05, 0) is 21.6 Å². The minimum absolute atomic E-state index is 0.547. The second-order valence-electron chi connectivity index (χ2n) is 5.62. The summed E-state index contributed by atoms with van der Waals surface area (Å²) in [7, 11) is -2.15. The van der Waals surface area contributed by atoms with Gasteiger partial charge in [-0.25, -0.2) is 5.90 Å². The van der Waals surface area contributed by atoms with E-state index in [-0.39, 0.29) is 0 Å². The van der Waals surface area contributed by atoms with Gasteiger partial charge in [0.2, 0.25) is 0 Å². The maximum atomic E-state index is 5.39. The normalized spacial score (nSPS) is 11.3. The van der Waals surface area contributed by atoms with E-state index >= 15 is 0 Å². The van der Waals surface area contributed by atoms with Crippen molar-refractivity contribution in [2.24, 2.45) is 5.90 Å². The zero-order valence-corrected chi connectivity index (χ0v) is 14.1. The number of benzene rings is 3. The van der Waals surface area contributed by atoms with Crippen molar-refractivity contribution in [2.75, 3.05) is 6.61 Å². The van der Waals surface area contributed by atoms with E-state index in [4.69, 9.17) is 10.7 Å². The van der Waals surface area contributed by atoms with Crippen LogP contribution in [0.15, 0.2) is 91.0 Å². The molecular formula is C20H21NOSi. The van der Waals surface area contributed by atoms with Crippen molar-refractivity contribution in [1.82, 2.24) is 0 Å². The van der Waals surface area contributed by atoms with Crippen molar-refractivity contribution >= 4 is 23.6 Å². The molecule has 0 heterocycles. The summed E-state index contributed by atoms with van der Waals surface area (Å²) >= 11 is 0. The number of rotatable bonds is 6. The molecule has 0 spiro atoms. The Morgan fingerprint density at radius 3 is 1.26 bits per heavy atom. The molecule has 0 aromatic heterocycles. The second kappa shape index (κ2) is 7.37. The minimum atomic E-state index is -2.15. The van der Waals surface area contributed by atoms with Crippen molar-refractivity contribution in [1.29, 1.82) is 0 Å². The zero-order valence-electron chi connectivity index (χ0n) is 13.1. The van der Waals surface area contributed by atoms with Crippen LogP contribution in [0.2, 0.25) is 6.04 Å². The molecule has 0 amide bonds. The molecule has 3 aromatic carbocycles. The molecule has 0 unspecified atom stereocenters. The van der Waals surface area contributed by atoms with Gasteiger partial charge in [0.15, 0.2) is 8.07 Å². The Morgan fingerprint density at radius 1 is 0.609 bits per heavy atom. The first-order chi connectivity index (χ1) is 11.4. The summed E-state index contributed by atoms with van der Waals surface area (Å²) in [4.78, 5) is 5.00. The molecule has 2 nitrogen and oxygen atoms in total. The van der Waals surface area contributed by atoms with Gasteiger partial charge in [0.25, 0.3) is 0 Å². The first kappa shape index (κ1) is 15.7. The fraction of sp³-hybridized carbons (Fsp3) is 0.100. The molecule has 3 rings (SSSR count). The number of hydrogen-bond acceptors (Lipinski definition) is 2. The van der Waals surface area contributed by atoms with Gasteiger partial charge >= 0.3 is 0 Å². The van der Waals surface area contributed by atoms with Gasteiger partial charge in [-0.2, -0.15) is 0 Å². The van der Waals surface area contributed by atoms with Crippen LogP contribution in [0, 0.1) is 0 Å². The average molecular weight is 319 g/mol. The third kappa shape index (κ3) is 3.12. The average Bonchev–Trinajstić information content (AvgIpc) is 2.65.